The fraction of sp³-hybridized carbons (Fsp3) is 0.417. The molecule has 0 spiro atoms. The van der Waals surface area contributed by atoms with Crippen LogP contribution in [0, 0.1) is 6.92 Å². The van der Waals surface area contributed by atoms with Gasteiger partial charge in [0.25, 0.3) is 0 Å². The zero-order chi connectivity index (χ0) is 10.7. The van der Waals surface area contributed by atoms with Crippen LogP contribution in [0.3, 0.4) is 0 Å². The minimum atomic E-state index is 0.0714. The summed E-state index contributed by atoms with van der Waals surface area (Å²) in [5.41, 5.74) is 2.57. The predicted octanol–water partition coefficient (Wildman–Crippen LogP) is 1.56. The Kier molecular flexibility index (Phi) is 2.90. The average Bonchev–Trinajstić information content (AvgIpc) is 2.63. The largest absolute Gasteiger partial charge is 0.336 e. The van der Waals surface area contributed by atoms with E-state index in [1.165, 1.54) is 11.1 Å². The summed E-state index contributed by atoms with van der Waals surface area (Å²) in [5, 5.41) is 2.80. The lowest BCUT2D eigenvalue weighted by molar-refractivity contribution is 0.218. The molecule has 1 aliphatic heterocycles. The van der Waals surface area contributed by atoms with E-state index >= 15 is 0 Å². The molecule has 3 nitrogen and oxygen atoms in total. The van der Waals surface area contributed by atoms with Gasteiger partial charge in [-0.3, -0.25) is 0 Å². The number of amides is 2. The first-order valence-corrected chi connectivity index (χ1v) is 5.34. The van der Waals surface area contributed by atoms with Crippen LogP contribution in [0.25, 0.3) is 0 Å². The number of hydrogen-bond acceptors (Lipinski definition) is 1. The Bertz CT molecular complexity index is 345. The highest BCUT2D eigenvalue weighted by Crippen LogP contribution is 2.06. The molecule has 15 heavy (non-hydrogen) atoms. The van der Waals surface area contributed by atoms with Gasteiger partial charge < -0.3 is 10.2 Å². The first kappa shape index (κ1) is 10.0. The molecule has 0 unspecified atom stereocenters. The monoisotopic (exact) mass is 204 g/mol. The molecule has 2 rings (SSSR count). The first-order valence-electron chi connectivity index (χ1n) is 5.34. The molecule has 1 heterocycles. The smallest absolute Gasteiger partial charge is 0.317 e. The van der Waals surface area contributed by atoms with Crippen molar-refractivity contribution in [2.45, 2.75) is 13.3 Å². The van der Waals surface area contributed by atoms with Gasteiger partial charge in [0.15, 0.2) is 0 Å². The second-order valence-corrected chi connectivity index (χ2v) is 3.95. The van der Waals surface area contributed by atoms with Crippen molar-refractivity contribution in [3.63, 3.8) is 0 Å². The summed E-state index contributed by atoms with van der Waals surface area (Å²) in [6.45, 7) is 4.52. The fourth-order valence-corrected chi connectivity index (χ4v) is 1.74. The maximum atomic E-state index is 11.3. The molecule has 1 N–H and O–H groups in total. The highest BCUT2D eigenvalue weighted by atomic mass is 16.2. The zero-order valence-electron chi connectivity index (χ0n) is 8.99. The number of nitrogens with zero attached hydrogens (tertiary/aromatic N) is 1. The van der Waals surface area contributed by atoms with Gasteiger partial charge in [-0.25, -0.2) is 4.79 Å². The Hall–Kier alpha value is -1.51. The Morgan fingerprint density at radius 1 is 1.33 bits per heavy atom. The van der Waals surface area contributed by atoms with Crippen molar-refractivity contribution in [3.05, 3.63) is 35.4 Å². The van der Waals surface area contributed by atoms with Crippen LogP contribution in [-0.4, -0.2) is 30.6 Å². The molecule has 0 bridgehead atoms. The maximum Gasteiger partial charge on any atom is 0.317 e. The standard InChI is InChI=1S/C12H16N2O/c1-10-2-4-11(5-3-10)6-8-14-9-7-13-12(14)15/h2-5H,6-9H2,1H3,(H,13,15). The number of aryl methyl sites for hydroxylation is 1. The molecule has 2 amide bonds. The van der Waals surface area contributed by atoms with E-state index in [1.54, 1.807) is 0 Å². The number of benzene rings is 1. The van der Waals surface area contributed by atoms with Crippen LogP contribution in [0.4, 0.5) is 4.79 Å². The molecule has 1 aromatic rings. The highest BCUT2D eigenvalue weighted by Gasteiger charge is 2.18. The van der Waals surface area contributed by atoms with Crippen molar-refractivity contribution >= 4 is 6.03 Å². The summed E-state index contributed by atoms with van der Waals surface area (Å²) < 4.78 is 0. The van der Waals surface area contributed by atoms with E-state index in [4.69, 9.17) is 0 Å². The number of carbonyl (C=O) groups excluding carboxylic acids is 1. The minimum Gasteiger partial charge on any atom is -0.336 e. The van der Waals surface area contributed by atoms with E-state index in [1.807, 2.05) is 4.90 Å². The second-order valence-electron chi connectivity index (χ2n) is 3.95. The number of urea groups is 1. The number of nitrogens with one attached hydrogen (secondary N) is 1. The van der Waals surface area contributed by atoms with Crippen molar-refractivity contribution in [2.24, 2.45) is 0 Å². The maximum absolute atomic E-state index is 11.3. The third-order valence-corrected chi connectivity index (χ3v) is 2.74. The SMILES string of the molecule is Cc1ccc(CCN2CCNC2=O)cc1. The summed E-state index contributed by atoms with van der Waals surface area (Å²) in [4.78, 5) is 13.1. The zero-order valence-corrected chi connectivity index (χ0v) is 8.99. The van der Waals surface area contributed by atoms with Gasteiger partial charge >= 0.3 is 6.03 Å². The quantitative estimate of drug-likeness (QED) is 0.796. The van der Waals surface area contributed by atoms with Crippen LogP contribution in [-0.2, 0) is 6.42 Å². The van der Waals surface area contributed by atoms with Crippen molar-refractivity contribution in [3.8, 4) is 0 Å². The van der Waals surface area contributed by atoms with Gasteiger partial charge in [-0.2, -0.15) is 0 Å². The van der Waals surface area contributed by atoms with E-state index in [0.29, 0.717) is 0 Å². The van der Waals surface area contributed by atoms with E-state index in [2.05, 4.69) is 36.5 Å². The molecule has 1 aromatic carbocycles. The lowest BCUT2D eigenvalue weighted by atomic mass is 10.1. The normalized spacial score (nSPS) is 15.5. The van der Waals surface area contributed by atoms with Gasteiger partial charge in [0, 0.05) is 19.6 Å². The molecule has 80 valence electrons. The van der Waals surface area contributed by atoms with Gasteiger partial charge in [-0.1, -0.05) is 29.8 Å². The van der Waals surface area contributed by atoms with Gasteiger partial charge in [0.1, 0.15) is 0 Å². The number of carbonyl (C=O) groups is 1. The van der Waals surface area contributed by atoms with Crippen LogP contribution in [0.1, 0.15) is 11.1 Å². The molecule has 0 aliphatic carbocycles. The lowest BCUT2D eigenvalue weighted by Gasteiger charge is -2.13. The summed E-state index contributed by atoms with van der Waals surface area (Å²) >= 11 is 0. The van der Waals surface area contributed by atoms with Crippen molar-refractivity contribution in [1.29, 1.82) is 0 Å². The molecule has 0 aromatic heterocycles. The molecule has 1 saturated heterocycles. The summed E-state index contributed by atoms with van der Waals surface area (Å²) in [6, 6.07) is 8.55. The molecule has 0 radical (unpaired) electrons. The summed E-state index contributed by atoms with van der Waals surface area (Å²) in [6.07, 6.45) is 0.938. The number of hydrogen-bond donors (Lipinski definition) is 1. The molecule has 0 saturated carbocycles. The molecule has 1 fully saturated rings. The van der Waals surface area contributed by atoms with Crippen molar-refractivity contribution in [1.82, 2.24) is 10.2 Å². The Balaban J connectivity index is 1.87. The number of rotatable bonds is 3. The van der Waals surface area contributed by atoms with Gasteiger partial charge in [0.05, 0.1) is 0 Å². The Labute approximate surface area is 90.1 Å². The van der Waals surface area contributed by atoms with Crippen LogP contribution in [0.15, 0.2) is 24.3 Å². The predicted molar refractivity (Wildman–Crippen MR) is 59.9 cm³/mol. The Morgan fingerprint density at radius 2 is 2.07 bits per heavy atom. The third-order valence-electron chi connectivity index (χ3n) is 2.74. The minimum absolute atomic E-state index is 0.0714. The molecule has 1 aliphatic rings. The van der Waals surface area contributed by atoms with Crippen LogP contribution >= 0.6 is 0 Å². The van der Waals surface area contributed by atoms with Gasteiger partial charge in [-0.05, 0) is 18.9 Å². The first-order chi connectivity index (χ1) is 7.25. The average molecular weight is 204 g/mol. The third kappa shape index (κ3) is 2.49. The molecule has 0 atom stereocenters. The topological polar surface area (TPSA) is 32.3 Å². The summed E-state index contributed by atoms with van der Waals surface area (Å²) in [7, 11) is 0. The van der Waals surface area contributed by atoms with E-state index in [9.17, 15) is 4.79 Å². The molecular weight excluding hydrogens is 188 g/mol. The fourth-order valence-electron chi connectivity index (χ4n) is 1.74. The Morgan fingerprint density at radius 3 is 2.67 bits per heavy atom. The van der Waals surface area contributed by atoms with Crippen LogP contribution < -0.4 is 5.32 Å². The summed E-state index contributed by atoms with van der Waals surface area (Å²) in [5.74, 6) is 0. The van der Waals surface area contributed by atoms with E-state index in [-0.39, 0.29) is 6.03 Å². The molecule has 3 heteroatoms. The highest BCUT2D eigenvalue weighted by molar-refractivity contribution is 5.76. The van der Waals surface area contributed by atoms with Crippen molar-refractivity contribution < 1.29 is 4.79 Å². The second kappa shape index (κ2) is 4.34. The van der Waals surface area contributed by atoms with E-state index < -0.39 is 0 Å². The van der Waals surface area contributed by atoms with E-state index in [0.717, 1.165) is 26.1 Å². The van der Waals surface area contributed by atoms with Gasteiger partial charge in [0.2, 0.25) is 0 Å². The lowest BCUT2D eigenvalue weighted by Crippen LogP contribution is -2.29. The molecular formula is C12H16N2O. The van der Waals surface area contributed by atoms with Crippen LogP contribution in [0.5, 0.6) is 0 Å². The van der Waals surface area contributed by atoms with Gasteiger partial charge in [-0.15, -0.1) is 0 Å². The van der Waals surface area contributed by atoms with Crippen molar-refractivity contribution in [2.75, 3.05) is 19.6 Å². The van der Waals surface area contributed by atoms with Crippen LogP contribution in [0.2, 0.25) is 0 Å².